The van der Waals surface area contributed by atoms with Crippen LogP contribution in [-0.4, -0.2) is 61.6 Å². The number of rotatable bonds is 4. The molecule has 0 aromatic carbocycles. The van der Waals surface area contributed by atoms with E-state index in [2.05, 4.69) is 39.0 Å². The van der Waals surface area contributed by atoms with Crippen molar-refractivity contribution in [3.05, 3.63) is 16.1 Å². The van der Waals surface area contributed by atoms with E-state index < -0.39 is 0 Å². The van der Waals surface area contributed by atoms with Gasteiger partial charge in [-0.05, 0) is 14.1 Å². The summed E-state index contributed by atoms with van der Waals surface area (Å²) in [7, 11) is 5.71. The first-order valence-corrected chi connectivity index (χ1v) is 7.38. The lowest BCUT2D eigenvalue weighted by Crippen LogP contribution is -2.44. The molecule has 1 aromatic rings. The van der Waals surface area contributed by atoms with Gasteiger partial charge in [-0.15, -0.1) is 11.3 Å². The average Bonchev–Trinajstić information content (AvgIpc) is 2.87. The van der Waals surface area contributed by atoms with Gasteiger partial charge in [0.15, 0.2) is 0 Å². The van der Waals surface area contributed by atoms with Crippen LogP contribution in [0.1, 0.15) is 23.2 Å². The van der Waals surface area contributed by atoms with Gasteiger partial charge in [0.1, 0.15) is 5.01 Å². The molecule has 1 aliphatic heterocycles. The summed E-state index contributed by atoms with van der Waals surface area (Å²) in [6.07, 6.45) is 1.07. The Morgan fingerprint density at radius 1 is 1.53 bits per heavy atom. The Kier molecular flexibility index (Phi) is 4.90. The molecule has 0 spiro atoms. The van der Waals surface area contributed by atoms with Gasteiger partial charge in [0, 0.05) is 31.4 Å². The van der Waals surface area contributed by atoms with E-state index >= 15 is 0 Å². The summed E-state index contributed by atoms with van der Waals surface area (Å²) >= 11 is 1.69. The number of piperazine rings is 1. The number of aromatic nitrogens is 1. The third-order valence-corrected chi connectivity index (χ3v) is 4.51. The molecule has 1 unspecified atom stereocenters. The summed E-state index contributed by atoms with van der Waals surface area (Å²) in [6.45, 7) is 3.19. The van der Waals surface area contributed by atoms with Crippen LogP contribution in [-0.2, 0) is 16.0 Å². The molecule has 2 heterocycles. The Labute approximate surface area is 118 Å². The van der Waals surface area contributed by atoms with Crippen LogP contribution in [0.15, 0.2) is 5.38 Å². The molecule has 1 aromatic heterocycles. The normalized spacial score (nSPS) is 21.5. The van der Waals surface area contributed by atoms with E-state index in [0.29, 0.717) is 18.9 Å². The van der Waals surface area contributed by atoms with Crippen LogP contribution in [0.2, 0.25) is 0 Å². The molecule has 0 amide bonds. The first kappa shape index (κ1) is 14.4. The molecule has 1 fully saturated rings. The van der Waals surface area contributed by atoms with Crippen molar-refractivity contribution in [3.63, 3.8) is 0 Å². The molecule has 0 aliphatic carbocycles. The van der Waals surface area contributed by atoms with Crippen LogP contribution >= 0.6 is 11.3 Å². The van der Waals surface area contributed by atoms with Gasteiger partial charge in [-0.1, -0.05) is 0 Å². The first-order valence-electron chi connectivity index (χ1n) is 6.50. The highest BCUT2D eigenvalue weighted by molar-refractivity contribution is 7.09. The summed E-state index contributed by atoms with van der Waals surface area (Å²) in [5.74, 6) is -0.177. The van der Waals surface area contributed by atoms with E-state index in [0.717, 1.165) is 30.3 Å². The third kappa shape index (κ3) is 3.75. The molecule has 5 nitrogen and oxygen atoms in total. The smallest absolute Gasteiger partial charge is 0.305 e. The molecule has 0 saturated carbocycles. The largest absolute Gasteiger partial charge is 0.469 e. The SMILES string of the molecule is COC(=O)CCc1csc(C2CN(C)CCN2C)n1. The number of esters is 1. The van der Waals surface area contributed by atoms with Crippen molar-refractivity contribution in [1.29, 1.82) is 0 Å². The maximum Gasteiger partial charge on any atom is 0.305 e. The molecule has 1 atom stereocenters. The summed E-state index contributed by atoms with van der Waals surface area (Å²) in [6, 6.07) is 0.371. The number of hydrogen-bond acceptors (Lipinski definition) is 6. The minimum absolute atomic E-state index is 0.177. The molecule has 0 bridgehead atoms. The van der Waals surface area contributed by atoms with Crippen molar-refractivity contribution >= 4 is 17.3 Å². The maximum absolute atomic E-state index is 11.1. The minimum Gasteiger partial charge on any atom is -0.469 e. The average molecular weight is 283 g/mol. The number of hydrogen-bond donors (Lipinski definition) is 0. The van der Waals surface area contributed by atoms with E-state index in [1.54, 1.807) is 11.3 Å². The molecular formula is C13H21N3O2S. The molecule has 1 aliphatic rings. The molecule has 6 heteroatoms. The standard InChI is InChI=1S/C13H21N3O2S/c1-15-6-7-16(2)11(8-15)13-14-10(9-19-13)4-5-12(17)18-3/h9,11H,4-8H2,1-3H3. The number of nitrogens with zero attached hydrogens (tertiary/aromatic N) is 3. The van der Waals surface area contributed by atoms with E-state index in [1.807, 2.05) is 0 Å². The second-order valence-corrected chi connectivity index (χ2v) is 5.90. The number of likely N-dealkylation sites (N-methyl/N-ethyl adjacent to an activating group) is 2. The molecule has 1 saturated heterocycles. The highest BCUT2D eigenvalue weighted by Crippen LogP contribution is 2.26. The number of aryl methyl sites for hydroxylation is 1. The highest BCUT2D eigenvalue weighted by atomic mass is 32.1. The number of carbonyl (C=O) groups is 1. The first-order chi connectivity index (χ1) is 9.10. The molecule has 19 heavy (non-hydrogen) atoms. The number of thiazole rings is 1. The minimum atomic E-state index is -0.177. The van der Waals surface area contributed by atoms with Gasteiger partial charge in [0.25, 0.3) is 0 Å². The van der Waals surface area contributed by atoms with Gasteiger partial charge >= 0.3 is 5.97 Å². The van der Waals surface area contributed by atoms with Crippen molar-refractivity contribution in [3.8, 4) is 0 Å². The van der Waals surface area contributed by atoms with Crippen LogP contribution in [0.5, 0.6) is 0 Å². The maximum atomic E-state index is 11.1. The zero-order valence-corrected chi connectivity index (χ0v) is 12.6. The van der Waals surface area contributed by atoms with Gasteiger partial charge in [0.05, 0.1) is 25.3 Å². The van der Waals surface area contributed by atoms with Gasteiger partial charge in [-0.25, -0.2) is 4.98 Å². The van der Waals surface area contributed by atoms with Gasteiger partial charge in [-0.2, -0.15) is 0 Å². The lowest BCUT2D eigenvalue weighted by Gasteiger charge is -2.36. The fourth-order valence-corrected chi connectivity index (χ4v) is 3.21. The monoisotopic (exact) mass is 283 g/mol. The second kappa shape index (κ2) is 6.45. The molecular weight excluding hydrogens is 262 g/mol. The van der Waals surface area contributed by atoms with Crippen LogP contribution in [0.25, 0.3) is 0 Å². The zero-order valence-electron chi connectivity index (χ0n) is 11.8. The fourth-order valence-electron chi connectivity index (χ4n) is 2.20. The second-order valence-electron chi connectivity index (χ2n) is 5.01. The Hall–Kier alpha value is -0.980. The van der Waals surface area contributed by atoms with Crippen molar-refractivity contribution in [1.82, 2.24) is 14.8 Å². The van der Waals surface area contributed by atoms with Crippen molar-refractivity contribution < 1.29 is 9.53 Å². The summed E-state index contributed by atoms with van der Waals surface area (Å²) in [5, 5.41) is 3.20. The Balaban J connectivity index is 1.97. The van der Waals surface area contributed by atoms with E-state index in [-0.39, 0.29) is 5.97 Å². The van der Waals surface area contributed by atoms with Crippen LogP contribution in [0, 0.1) is 0 Å². The van der Waals surface area contributed by atoms with Gasteiger partial charge in [-0.3, -0.25) is 9.69 Å². The van der Waals surface area contributed by atoms with Crippen molar-refractivity contribution in [2.75, 3.05) is 40.8 Å². The lowest BCUT2D eigenvalue weighted by atomic mass is 10.2. The van der Waals surface area contributed by atoms with Gasteiger partial charge < -0.3 is 9.64 Å². The predicted molar refractivity (Wildman–Crippen MR) is 75.3 cm³/mol. The van der Waals surface area contributed by atoms with Crippen LogP contribution in [0.3, 0.4) is 0 Å². The van der Waals surface area contributed by atoms with E-state index in [1.165, 1.54) is 7.11 Å². The van der Waals surface area contributed by atoms with Crippen molar-refractivity contribution in [2.24, 2.45) is 0 Å². The Morgan fingerprint density at radius 2 is 2.32 bits per heavy atom. The predicted octanol–water partition coefficient (Wildman–Crippen LogP) is 1.17. The molecule has 2 rings (SSSR count). The molecule has 106 valence electrons. The third-order valence-electron chi connectivity index (χ3n) is 3.52. The van der Waals surface area contributed by atoms with Crippen LogP contribution in [0.4, 0.5) is 0 Å². The molecule has 0 radical (unpaired) electrons. The topological polar surface area (TPSA) is 45.7 Å². The summed E-state index contributed by atoms with van der Waals surface area (Å²) in [5.41, 5.74) is 0.993. The Morgan fingerprint density at radius 3 is 3.05 bits per heavy atom. The molecule has 0 N–H and O–H groups in total. The van der Waals surface area contributed by atoms with E-state index in [9.17, 15) is 4.79 Å². The number of carbonyl (C=O) groups excluding carboxylic acids is 1. The van der Waals surface area contributed by atoms with Gasteiger partial charge in [0.2, 0.25) is 0 Å². The Bertz CT molecular complexity index is 435. The zero-order chi connectivity index (χ0) is 13.8. The summed E-state index contributed by atoms with van der Waals surface area (Å²) < 4.78 is 4.65. The quantitative estimate of drug-likeness (QED) is 0.776. The lowest BCUT2D eigenvalue weighted by molar-refractivity contribution is -0.140. The number of ether oxygens (including phenoxy) is 1. The van der Waals surface area contributed by atoms with Crippen LogP contribution < -0.4 is 0 Å². The highest BCUT2D eigenvalue weighted by Gasteiger charge is 2.26. The fraction of sp³-hybridized carbons (Fsp3) is 0.692. The van der Waals surface area contributed by atoms with Crippen molar-refractivity contribution in [2.45, 2.75) is 18.9 Å². The summed E-state index contributed by atoms with van der Waals surface area (Å²) in [4.78, 5) is 20.5. The van der Waals surface area contributed by atoms with E-state index in [4.69, 9.17) is 0 Å². The number of methoxy groups -OCH3 is 1.